The SMILES string of the molecule is COc1nc(C)nc(NCNS(=O)(=O)c2ccccc2C(=O)OC(C)C)n1. The van der Waals surface area contributed by atoms with E-state index in [4.69, 9.17) is 9.47 Å². The van der Waals surface area contributed by atoms with E-state index in [2.05, 4.69) is 25.0 Å². The van der Waals surface area contributed by atoms with Gasteiger partial charge in [0, 0.05) is 0 Å². The van der Waals surface area contributed by atoms with Crippen molar-refractivity contribution in [2.24, 2.45) is 0 Å². The minimum absolute atomic E-state index is 0.0450. The summed E-state index contributed by atoms with van der Waals surface area (Å²) in [5.41, 5.74) is -0.0450. The molecule has 1 aromatic carbocycles. The molecule has 0 saturated heterocycles. The van der Waals surface area contributed by atoms with Crippen LogP contribution in [0.5, 0.6) is 6.01 Å². The molecule has 0 atom stereocenters. The maximum atomic E-state index is 12.6. The highest BCUT2D eigenvalue weighted by atomic mass is 32.2. The van der Waals surface area contributed by atoms with Gasteiger partial charge < -0.3 is 14.8 Å². The summed E-state index contributed by atoms with van der Waals surface area (Å²) >= 11 is 0. The Morgan fingerprint density at radius 3 is 2.56 bits per heavy atom. The van der Waals surface area contributed by atoms with Crippen molar-refractivity contribution in [1.29, 1.82) is 0 Å². The number of aryl methyl sites for hydroxylation is 1. The lowest BCUT2D eigenvalue weighted by Gasteiger charge is -2.13. The minimum atomic E-state index is -3.98. The molecule has 1 aromatic heterocycles. The minimum Gasteiger partial charge on any atom is -0.467 e. The molecule has 0 unspecified atom stereocenters. The highest BCUT2D eigenvalue weighted by Gasteiger charge is 2.23. The molecule has 2 rings (SSSR count). The summed E-state index contributed by atoms with van der Waals surface area (Å²) in [6.07, 6.45) is -0.370. The predicted octanol–water partition coefficient (Wildman–Crippen LogP) is 1.10. The van der Waals surface area contributed by atoms with Crippen LogP contribution in [0.4, 0.5) is 5.95 Å². The Kier molecular flexibility index (Phi) is 6.64. The summed E-state index contributed by atoms with van der Waals surface area (Å²) in [7, 11) is -2.57. The molecule has 0 bridgehead atoms. The number of esters is 1. The zero-order chi connectivity index (χ0) is 20.0. The monoisotopic (exact) mass is 395 g/mol. The molecule has 0 aliphatic rings. The zero-order valence-electron chi connectivity index (χ0n) is 15.4. The largest absolute Gasteiger partial charge is 0.467 e. The lowest BCUT2D eigenvalue weighted by atomic mass is 10.2. The van der Waals surface area contributed by atoms with Gasteiger partial charge in [0.15, 0.2) is 0 Å². The highest BCUT2D eigenvalue weighted by molar-refractivity contribution is 7.89. The summed E-state index contributed by atoms with van der Waals surface area (Å²) in [6.45, 7) is 4.81. The summed E-state index contributed by atoms with van der Waals surface area (Å²) in [5, 5.41) is 2.72. The van der Waals surface area contributed by atoms with E-state index in [1.54, 1.807) is 26.8 Å². The molecule has 0 saturated carbocycles. The Balaban J connectivity index is 2.13. The normalized spacial score (nSPS) is 11.3. The van der Waals surface area contributed by atoms with E-state index in [1.165, 1.54) is 25.3 Å². The van der Waals surface area contributed by atoms with Crippen LogP contribution in [0.25, 0.3) is 0 Å². The third-order valence-electron chi connectivity index (χ3n) is 3.16. The number of methoxy groups -OCH3 is 1. The van der Waals surface area contributed by atoms with Crippen molar-refractivity contribution in [3.8, 4) is 6.01 Å². The fourth-order valence-electron chi connectivity index (χ4n) is 2.06. The summed E-state index contributed by atoms with van der Waals surface area (Å²) < 4.78 is 37.5. The number of hydrogen-bond donors (Lipinski definition) is 2. The summed E-state index contributed by atoms with van der Waals surface area (Å²) in [5.74, 6) is -0.153. The molecule has 0 radical (unpaired) electrons. The van der Waals surface area contributed by atoms with Crippen LogP contribution in [0, 0.1) is 6.92 Å². The average molecular weight is 395 g/mol. The number of nitrogens with one attached hydrogen (secondary N) is 2. The molecule has 0 spiro atoms. The Labute approximate surface area is 157 Å². The van der Waals surface area contributed by atoms with Gasteiger partial charge in [0.25, 0.3) is 0 Å². The van der Waals surface area contributed by atoms with Gasteiger partial charge in [-0.05, 0) is 32.9 Å². The fraction of sp³-hybridized carbons (Fsp3) is 0.375. The van der Waals surface area contributed by atoms with E-state index in [0.29, 0.717) is 5.82 Å². The fourth-order valence-corrected chi connectivity index (χ4v) is 3.18. The van der Waals surface area contributed by atoms with E-state index < -0.39 is 16.0 Å². The molecule has 2 aromatic rings. The first-order chi connectivity index (χ1) is 12.7. The molecule has 27 heavy (non-hydrogen) atoms. The number of hydrogen-bond acceptors (Lipinski definition) is 9. The number of rotatable bonds is 8. The van der Waals surface area contributed by atoms with Crippen LogP contribution < -0.4 is 14.8 Å². The molecular weight excluding hydrogens is 374 g/mol. The van der Waals surface area contributed by atoms with E-state index in [9.17, 15) is 13.2 Å². The number of ether oxygens (including phenoxy) is 2. The van der Waals surface area contributed by atoms with Crippen molar-refractivity contribution in [2.75, 3.05) is 19.1 Å². The Morgan fingerprint density at radius 2 is 1.89 bits per heavy atom. The zero-order valence-corrected chi connectivity index (χ0v) is 16.2. The standard InChI is InChI=1S/C16H21N5O5S/c1-10(2)26-14(22)12-7-5-6-8-13(12)27(23,24)18-9-17-15-19-11(3)20-16(21-15)25-4/h5-8,10,18H,9H2,1-4H3,(H,17,19,20,21). The quantitative estimate of drug-likeness (QED) is 0.498. The van der Waals surface area contributed by atoms with E-state index >= 15 is 0 Å². The van der Waals surface area contributed by atoms with Gasteiger partial charge in [-0.25, -0.2) is 13.2 Å². The van der Waals surface area contributed by atoms with Crippen molar-refractivity contribution in [2.45, 2.75) is 31.8 Å². The molecule has 11 heteroatoms. The van der Waals surface area contributed by atoms with Crippen molar-refractivity contribution in [1.82, 2.24) is 19.7 Å². The molecule has 2 N–H and O–H groups in total. The first-order valence-corrected chi connectivity index (χ1v) is 9.51. The van der Waals surface area contributed by atoms with Crippen molar-refractivity contribution in [3.05, 3.63) is 35.7 Å². The topological polar surface area (TPSA) is 132 Å². The lowest BCUT2D eigenvalue weighted by Crippen LogP contribution is -2.31. The van der Waals surface area contributed by atoms with Gasteiger partial charge in [-0.3, -0.25) is 0 Å². The van der Waals surface area contributed by atoms with Crippen molar-refractivity contribution >= 4 is 21.9 Å². The third-order valence-corrected chi connectivity index (χ3v) is 4.62. The van der Waals surface area contributed by atoms with Crippen molar-refractivity contribution in [3.63, 3.8) is 0 Å². The highest BCUT2D eigenvalue weighted by Crippen LogP contribution is 2.17. The predicted molar refractivity (Wildman–Crippen MR) is 96.9 cm³/mol. The van der Waals surface area contributed by atoms with Crippen molar-refractivity contribution < 1.29 is 22.7 Å². The maximum absolute atomic E-state index is 12.6. The first-order valence-electron chi connectivity index (χ1n) is 8.03. The lowest BCUT2D eigenvalue weighted by molar-refractivity contribution is 0.0373. The molecule has 0 amide bonds. The number of carbonyl (C=O) groups is 1. The average Bonchev–Trinajstić information content (AvgIpc) is 2.60. The number of benzene rings is 1. The van der Waals surface area contributed by atoms with Crippen LogP contribution in [-0.4, -0.2) is 49.2 Å². The third kappa shape index (κ3) is 5.59. The Bertz CT molecular complexity index is 917. The van der Waals surface area contributed by atoms with E-state index in [1.807, 2.05) is 0 Å². The van der Waals surface area contributed by atoms with E-state index in [0.717, 1.165) is 0 Å². The van der Waals surface area contributed by atoms with Gasteiger partial charge in [0.2, 0.25) is 16.0 Å². The molecule has 146 valence electrons. The second-order valence-electron chi connectivity index (χ2n) is 5.64. The Hall–Kier alpha value is -2.79. The number of sulfonamides is 1. The first kappa shape index (κ1) is 20.5. The molecule has 1 heterocycles. The number of nitrogens with zero attached hydrogens (tertiary/aromatic N) is 3. The van der Waals surface area contributed by atoms with Gasteiger partial charge in [-0.15, -0.1) is 0 Å². The van der Waals surface area contributed by atoms with Crippen LogP contribution in [0.3, 0.4) is 0 Å². The van der Waals surface area contributed by atoms with Crippen LogP contribution in [0.2, 0.25) is 0 Å². The molecular formula is C16H21N5O5S. The second kappa shape index (κ2) is 8.73. The van der Waals surface area contributed by atoms with Crippen LogP contribution in [-0.2, 0) is 14.8 Å². The van der Waals surface area contributed by atoms with Gasteiger partial charge in [0.05, 0.1) is 30.3 Å². The number of carbonyl (C=O) groups excluding carboxylic acids is 1. The van der Waals surface area contributed by atoms with Crippen LogP contribution in [0.15, 0.2) is 29.2 Å². The number of anilines is 1. The molecule has 10 nitrogen and oxygen atoms in total. The van der Waals surface area contributed by atoms with Gasteiger partial charge in [-0.2, -0.15) is 19.7 Å². The van der Waals surface area contributed by atoms with E-state index in [-0.39, 0.29) is 35.2 Å². The Morgan fingerprint density at radius 1 is 1.19 bits per heavy atom. The smallest absolute Gasteiger partial charge is 0.339 e. The number of aromatic nitrogens is 3. The van der Waals surface area contributed by atoms with Gasteiger partial charge >= 0.3 is 12.0 Å². The molecule has 0 aliphatic heterocycles. The molecule has 0 aliphatic carbocycles. The van der Waals surface area contributed by atoms with Gasteiger partial charge in [0.1, 0.15) is 5.82 Å². The summed E-state index contributed by atoms with van der Waals surface area (Å²) in [4.78, 5) is 23.9. The van der Waals surface area contributed by atoms with Crippen LogP contribution in [0.1, 0.15) is 30.0 Å². The van der Waals surface area contributed by atoms with Crippen LogP contribution >= 0.6 is 0 Å². The summed E-state index contributed by atoms with van der Waals surface area (Å²) in [6, 6.07) is 5.92. The maximum Gasteiger partial charge on any atom is 0.339 e. The molecule has 0 fully saturated rings. The second-order valence-corrected chi connectivity index (χ2v) is 7.38. The van der Waals surface area contributed by atoms with Gasteiger partial charge in [-0.1, -0.05) is 12.1 Å².